The number of benzene rings is 3. The monoisotopic (exact) mass is 414 g/mol. The molecule has 0 saturated heterocycles. The van der Waals surface area contributed by atoms with E-state index >= 15 is 0 Å². The number of para-hydroxylation sites is 1. The molecule has 5 nitrogen and oxygen atoms in total. The van der Waals surface area contributed by atoms with E-state index in [0.717, 1.165) is 12.1 Å². The molecule has 3 aromatic rings. The van der Waals surface area contributed by atoms with Crippen LogP contribution in [0.25, 0.3) is 0 Å². The smallest absolute Gasteiger partial charge is 0.416 e. The van der Waals surface area contributed by atoms with Gasteiger partial charge in [-0.15, -0.1) is 0 Å². The molecule has 0 radical (unpaired) electrons. The number of halogens is 3. The van der Waals surface area contributed by atoms with Crippen LogP contribution in [0.2, 0.25) is 0 Å². The number of amides is 1. The van der Waals surface area contributed by atoms with Crippen molar-refractivity contribution in [1.29, 1.82) is 0 Å². The third-order valence-electron chi connectivity index (χ3n) is 4.48. The minimum atomic E-state index is -4.61. The summed E-state index contributed by atoms with van der Waals surface area (Å²) in [5.41, 5.74) is -0.430. The Morgan fingerprint density at radius 2 is 1.50 bits per heavy atom. The summed E-state index contributed by atoms with van der Waals surface area (Å²) in [6.45, 7) is 0. The van der Waals surface area contributed by atoms with Crippen molar-refractivity contribution >= 4 is 28.9 Å². The number of alkyl halides is 3. The van der Waals surface area contributed by atoms with Crippen LogP contribution in [0.1, 0.15) is 26.3 Å². The summed E-state index contributed by atoms with van der Waals surface area (Å²) in [5.74, 6) is -2.14. The van der Waals surface area contributed by atoms with Gasteiger partial charge in [0, 0.05) is 12.7 Å². The lowest BCUT2D eigenvalue weighted by Gasteiger charge is -2.24. The zero-order valence-corrected chi connectivity index (χ0v) is 15.8. The predicted octanol–water partition coefficient (Wildman–Crippen LogP) is 5.42. The van der Waals surface area contributed by atoms with E-state index in [0.29, 0.717) is 11.4 Å². The summed E-state index contributed by atoms with van der Waals surface area (Å²) in [6.07, 6.45) is -4.61. The maximum Gasteiger partial charge on any atom is 0.416 e. The quantitative estimate of drug-likeness (QED) is 0.585. The first-order valence-electron chi connectivity index (χ1n) is 8.82. The number of carbonyl (C=O) groups excluding carboxylic acids is 1. The van der Waals surface area contributed by atoms with Crippen LogP contribution in [-0.4, -0.2) is 24.0 Å². The fourth-order valence-corrected chi connectivity index (χ4v) is 2.95. The van der Waals surface area contributed by atoms with Gasteiger partial charge in [0.2, 0.25) is 0 Å². The summed E-state index contributed by atoms with van der Waals surface area (Å²) in [5, 5.41) is 11.7. The molecule has 0 bridgehead atoms. The van der Waals surface area contributed by atoms with E-state index in [9.17, 15) is 27.9 Å². The van der Waals surface area contributed by atoms with E-state index < -0.39 is 23.6 Å². The number of aromatic carboxylic acids is 1. The molecular formula is C22H17F3N2O3. The number of carboxylic acids is 1. The first kappa shape index (κ1) is 20.9. The first-order chi connectivity index (χ1) is 14.2. The van der Waals surface area contributed by atoms with Crippen LogP contribution in [0, 0.1) is 0 Å². The van der Waals surface area contributed by atoms with Crippen molar-refractivity contribution in [1.82, 2.24) is 0 Å². The molecule has 3 aromatic carbocycles. The number of rotatable bonds is 5. The zero-order chi connectivity index (χ0) is 21.9. The highest BCUT2D eigenvalue weighted by Gasteiger charge is 2.32. The van der Waals surface area contributed by atoms with E-state index in [1.54, 1.807) is 42.3 Å². The molecule has 0 heterocycles. The molecule has 0 aromatic heterocycles. The normalized spacial score (nSPS) is 11.1. The maximum absolute atomic E-state index is 13.2. The second-order valence-electron chi connectivity index (χ2n) is 6.43. The minimum absolute atomic E-state index is 0.0960. The SMILES string of the molecule is CN(c1ccccc1)c1ccc(C(F)(F)F)cc1NC(=O)c1ccccc1C(=O)O. The molecule has 1 amide bonds. The zero-order valence-electron chi connectivity index (χ0n) is 15.8. The van der Waals surface area contributed by atoms with Crippen LogP contribution in [0.3, 0.4) is 0 Å². The molecule has 0 aliphatic rings. The highest BCUT2D eigenvalue weighted by atomic mass is 19.4. The Balaban J connectivity index is 2.05. The summed E-state index contributed by atoms with van der Waals surface area (Å²) < 4.78 is 39.7. The fourth-order valence-electron chi connectivity index (χ4n) is 2.95. The summed E-state index contributed by atoms with van der Waals surface area (Å²) in [7, 11) is 1.65. The van der Waals surface area contributed by atoms with Crippen LogP contribution in [0.4, 0.5) is 30.2 Å². The number of hydrogen-bond acceptors (Lipinski definition) is 3. The van der Waals surface area contributed by atoms with Crippen molar-refractivity contribution in [3.63, 3.8) is 0 Å². The molecule has 0 spiro atoms. The van der Waals surface area contributed by atoms with Gasteiger partial charge in [0.25, 0.3) is 5.91 Å². The van der Waals surface area contributed by atoms with Crippen molar-refractivity contribution in [2.24, 2.45) is 0 Å². The Bertz CT molecular complexity index is 1080. The minimum Gasteiger partial charge on any atom is -0.478 e. The number of nitrogens with one attached hydrogen (secondary N) is 1. The Kier molecular flexibility index (Phi) is 5.77. The van der Waals surface area contributed by atoms with Gasteiger partial charge in [-0.05, 0) is 42.5 Å². The largest absolute Gasteiger partial charge is 0.478 e. The Labute approximate surface area is 170 Å². The summed E-state index contributed by atoms with van der Waals surface area (Å²) in [4.78, 5) is 25.7. The number of hydrogen-bond donors (Lipinski definition) is 2. The van der Waals surface area contributed by atoms with Crippen molar-refractivity contribution in [2.45, 2.75) is 6.18 Å². The van der Waals surface area contributed by atoms with Crippen molar-refractivity contribution in [3.05, 3.63) is 89.5 Å². The van der Waals surface area contributed by atoms with Gasteiger partial charge >= 0.3 is 12.1 Å². The molecule has 8 heteroatoms. The van der Waals surface area contributed by atoms with Gasteiger partial charge in [-0.3, -0.25) is 4.79 Å². The van der Waals surface area contributed by atoms with Gasteiger partial charge in [-0.1, -0.05) is 30.3 Å². The number of carboxylic acid groups (broad SMARTS) is 1. The molecule has 3 rings (SSSR count). The first-order valence-corrected chi connectivity index (χ1v) is 8.82. The molecule has 30 heavy (non-hydrogen) atoms. The van der Waals surface area contributed by atoms with Gasteiger partial charge in [-0.2, -0.15) is 13.2 Å². The van der Waals surface area contributed by atoms with Crippen molar-refractivity contribution < 1.29 is 27.9 Å². The lowest BCUT2D eigenvalue weighted by Crippen LogP contribution is -2.20. The standard InChI is InChI=1S/C22H17F3N2O3/c1-27(15-7-3-2-4-8-15)19-12-11-14(22(23,24)25)13-18(19)26-20(28)16-9-5-6-10-17(16)21(29)30/h2-13H,1H3,(H,26,28)(H,29,30). The van der Waals surface area contributed by atoms with E-state index in [-0.39, 0.29) is 16.8 Å². The number of anilines is 3. The van der Waals surface area contributed by atoms with Crippen LogP contribution in [0.15, 0.2) is 72.8 Å². The van der Waals surface area contributed by atoms with Crippen LogP contribution in [-0.2, 0) is 6.18 Å². The lowest BCUT2D eigenvalue weighted by molar-refractivity contribution is -0.137. The lowest BCUT2D eigenvalue weighted by atomic mass is 10.1. The number of carbonyl (C=O) groups is 2. The summed E-state index contributed by atoms with van der Waals surface area (Å²) >= 11 is 0. The highest BCUT2D eigenvalue weighted by Crippen LogP contribution is 2.37. The third-order valence-corrected chi connectivity index (χ3v) is 4.48. The molecule has 0 fully saturated rings. The van der Waals surface area contributed by atoms with Crippen LogP contribution in [0.5, 0.6) is 0 Å². The molecule has 0 atom stereocenters. The van der Waals surface area contributed by atoms with E-state index in [1.807, 2.05) is 0 Å². The average Bonchev–Trinajstić information content (AvgIpc) is 2.73. The molecule has 154 valence electrons. The molecule has 0 aliphatic carbocycles. The van der Waals surface area contributed by atoms with Crippen molar-refractivity contribution in [2.75, 3.05) is 17.3 Å². The van der Waals surface area contributed by atoms with Gasteiger partial charge in [0.15, 0.2) is 0 Å². The highest BCUT2D eigenvalue weighted by molar-refractivity contribution is 6.11. The molecule has 2 N–H and O–H groups in total. The van der Waals surface area contributed by atoms with Crippen LogP contribution >= 0.6 is 0 Å². The predicted molar refractivity (Wildman–Crippen MR) is 107 cm³/mol. The Hall–Kier alpha value is -3.81. The van der Waals surface area contributed by atoms with Gasteiger partial charge in [-0.25, -0.2) is 4.79 Å². The maximum atomic E-state index is 13.2. The van der Waals surface area contributed by atoms with E-state index in [1.165, 1.54) is 30.3 Å². The van der Waals surface area contributed by atoms with E-state index in [2.05, 4.69) is 5.32 Å². The average molecular weight is 414 g/mol. The van der Waals surface area contributed by atoms with Gasteiger partial charge in [0.1, 0.15) is 0 Å². The second-order valence-corrected chi connectivity index (χ2v) is 6.43. The van der Waals surface area contributed by atoms with E-state index in [4.69, 9.17) is 0 Å². The Morgan fingerprint density at radius 1 is 0.900 bits per heavy atom. The van der Waals surface area contributed by atoms with Gasteiger partial charge in [0.05, 0.1) is 28.1 Å². The summed E-state index contributed by atoms with van der Waals surface area (Å²) in [6, 6.07) is 17.4. The molecular weight excluding hydrogens is 397 g/mol. The van der Waals surface area contributed by atoms with Crippen LogP contribution < -0.4 is 10.2 Å². The molecule has 0 unspecified atom stereocenters. The van der Waals surface area contributed by atoms with Crippen molar-refractivity contribution in [3.8, 4) is 0 Å². The number of nitrogens with zero attached hydrogens (tertiary/aromatic N) is 1. The van der Waals surface area contributed by atoms with Gasteiger partial charge < -0.3 is 15.3 Å². The molecule has 0 aliphatic heterocycles. The topological polar surface area (TPSA) is 69.6 Å². The fraction of sp³-hybridized carbons (Fsp3) is 0.0909. The molecule has 0 saturated carbocycles. The Morgan fingerprint density at radius 3 is 2.10 bits per heavy atom. The third kappa shape index (κ3) is 4.43. The second kappa shape index (κ2) is 8.28.